The Morgan fingerprint density at radius 2 is 1.95 bits per heavy atom. The van der Waals surface area contributed by atoms with E-state index in [1.165, 1.54) is 0 Å². The number of fused-ring (bicyclic) bond motifs is 1. The zero-order chi connectivity index (χ0) is 26.6. The Morgan fingerprint density at radius 1 is 1.21 bits per heavy atom. The first-order chi connectivity index (χ1) is 18.4. The number of likely N-dealkylation sites (tertiary alicyclic amines) is 1. The van der Waals surface area contributed by atoms with Crippen LogP contribution in [0.4, 0.5) is 5.82 Å². The molecule has 4 aromatic rings. The first-order valence-corrected chi connectivity index (χ1v) is 12.8. The van der Waals surface area contributed by atoms with Crippen molar-refractivity contribution < 1.29 is 9.53 Å². The van der Waals surface area contributed by atoms with E-state index in [2.05, 4.69) is 16.3 Å². The number of hydrogen-bond acceptors (Lipinski definition) is 6. The monoisotopic (exact) mass is 506 g/mol. The maximum absolute atomic E-state index is 13.1. The zero-order valence-corrected chi connectivity index (χ0v) is 21.5. The predicted molar refractivity (Wildman–Crippen MR) is 147 cm³/mol. The number of allylic oxidation sites excluding steroid dienone is 1. The highest BCUT2D eigenvalue weighted by atomic mass is 16.5. The Hall–Kier alpha value is -4.64. The molecule has 1 saturated heterocycles. The van der Waals surface area contributed by atoms with Crippen LogP contribution in [0, 0.1) is 17.2 Å². The van der Waals surface area contributed by atoms with Crippen molar-refractivity contribution in [2.45, 2.75) is 39.2 Å². The normalized spacial score (nSPS) is 15.7. The highest BCUT2D eigenvalue weighted by Crippen LogP contribution is 2.33. The molecule has 0 saturated carbocycles. The van der Waals surface area contributed by atoms with Crippen LogP contribution in [0.15, 0.2) is 72.3 Å². The SMILES string of the molecule is CC(C)C=C(C#N)C(=O)N1CCC[C@@H]1Cc1cc2[nH]nc(N)c2c(-c2ccc(Oc3ccccc3)cc2)n1. The van der Waals surface area contributed by atoms with Gasteiger partial charge in [0, 0.05) is 30.3 Å². The van der Waals surface area contributed by atoms with Crippen molar-refractivity contribution in [1.82, 2.24) is 20.1 Å². The number of nitrogens with two attached hydrogens (primary N) is 1. The molecular formula is C30H30N6O2. The highest BCUT2D eigenvalue weighted by Gasteiger charge is 2.31. The van der Waals surface area contributed by atoms with Crippen molar-refractivity contribution in [3.8, 4) is 28.8 Å². The molecule has 0 bridgehead atoms. The van der Waals surface area contributed by atoms with Gasteiger partial charge in [-0.15, -0.1) is 0 Å². The Labute approximate surface area is 221 Å². The van der Waals surface area contributed by atoms with E-state index in [4.69, 9.17) is 15.5 Å². The second-order valence-corrected chi connectivity index (χ2v) is 9.87. The molecule has 192 valence electrons. The van der Waals surface area contributed by atoms with Gasteiger partial charge in [-0.2, -0.15) is 10.4 Å². The maximum Gasteiger partial charge on any atom is 0.264 e. The standard InChI is InChI=1S/C30H30N6O2/c1-19(2)15-21(18-31)30(37)36-14-6-7-23(36)16-22-17-26-27(29(32)35-34-26)28(33-22)20-10-12-25(13-11-20)38-24-8-4-3-5-9-24/h3-5,8-13,15,17,19,23H,6-7,14,16H2,1-2H3,(H3,32,34,35)/t23-/m1/s1. The zero-order valence-electron chi connectivity index (χ0n) is 21.5. The van der Waals surface area contributed by atoms with Crippen molar-refractivity contribution >= 4 is 22.6 Å². The lowest BCUT2D eigenvalue weighted by Gasteiger charge is -2.24. The van der Waals surface area contributed by atoms with Crippen LogP contribution in [0.2, 0.25) is 0 Å². The fourth-order valence-electron chi connectivity index (χ4n) is 4.94. The predicted octanol–water partition coefficient (Wildman–Crippen LogP) is 5.64. The van der Waals surface area contributed by atoms with E-state index in [1.807, 2.05) is 79.4 Å². The van der Waals surface area contributed by atoms with E-state index < -0.39 is 0 Å². The molecule has 3 N–H and O–H groups in total. The van der Waals surface area contributed by atoms with Gasteiger partial charge in [0.1, 0.15) is 23.1 Å². The molecule has 0 aliphatic carbocycles. The van der Waals surface area contributed by atoms with Crippen molar-refractivity contribution in [1.29, 1.82) is 5.26 Å². The van der Waals surface area contributed by atoms with E-state index in [-0.39, 0.29) is 23.4 Å². The van der Waals surface area contributed by atoms with Crippen molar-refractivity contribution in [2.24, 2.45) is 5.92 Å². The second-order valence-electron chi connectivity index (χ2n) is 9.87. The Bertz CT molecular complexity index is 1520. The van der Waals surface area contributed by atoms with Crippen LogP contribution in [-0.4, -0.2) is 38.6 Å². The number of para-hydroxylation sites is 1. The summed E-state index contributed by atoms with van der Waals surface area (Å²) in [6.45, 7) is 4.56. The van der Waals surface area contributed by atoms with Gasteiger partial charge in [0.2, 0.25) is 0 Å². The summed E-state index contributed by atoms with van der Waals surface area (Å²) in [5.74, 6) is 1.78. The average Bonchev–Trinajstić information content (AvgIpc) is 3.54. The number of pyridine rings is 1. The van der Waals surface area contributed by atoms with Gasteiger partial charge in [0.15, 0.2) is 5.82 Å². The van der Waals surface area contributed by atoms with Gasteiger partial charge in [-0.1, -0.05) is 38.1 Å². The second kappa shape index (κ2) is 10.8. The molecule has 8 nitrogen and oxygen atoms in total. The lowest BCUT2D eigenvalue weighted by Crippen LogP contribution is -2.37. The van der Waals surface area contributed by atoms with E-state index in [1.54, 1.807) is 6.08 Å². The maximum atomic E-state index is 13.1. The number of aromatic amines is 1. The number of aromatic nitrogens is 3. The van der Waals surface area contributed by atoms with E-state index >= 15 is 0 Å². The molecule has 1 aliphatic heterocycles. The van der Waals surface area contributed by atoms with Crippen LogP contribution in [0.3, 0.4) is 0 Å². The minimum absolute atomic E-state index is 0.0360. The van der Waals surface area contributed by atoms with Gasteiger partial charge in [0.25, 0.3) is 5.91 Å². The smallest absolute Gasteiger partial charge is 0.264 e. The third-order valence-electron chi connectivity index (χ3n) is 6.67. The number of amides is 1. The number of carbonyl (C=O) groups excluding carboxylic acids is 1. The number of hydrogen-bond donors (Lipinski definition) is 2. The van der Waals surface area contributed by atoms with Crippen molar-refractivity contribution in [3.05, 3.63) is 78.0 Å². The van der Waals surface area contributed by atoms with E-state index in [0.29, 0.717) is 18.8 Å². The molecule has 3 heterocycles. The summed E-state index contributed by atoms with van der Waals surface area (Å²) in [4.78, 5) is 20.0. The third-order valence-corrected chi connectivity index (χ3v) is 6.67. The molecule has 2 aromatic carbocycles. The molecule has 1 amide bonds. The highest BCUT2D eigenvalue weighted by molar-refractivity contribution is 6.00. The molecule has 1 fully saturated rings. The first-order valence-electron chi connectivity index (χ1n) is 12.8. The summed E-state index contributed by atoms with van der Waals surface area (Å²) >= 11 is 0. The molecule has 2 aromatic heterocycles. The first kappa shape index (κ1) is 25.0. The number of nitriles is 1. The minimum Gasteiger partial charge on any atom is -0.457 e. The Balaban J connectivity index is 1.43. The molecule has 1 atom stereocenters. The number of H-pyrrole nitrogens is 1. The van der Waals surface area contributed by atoms with Crippen LogP contribution < -0.4 is 10.5 Å². The quantitative estimate of drug-likeness (QED) is 0.247. The molecule has 8 heteroatoms. The van der Waals surface area contributed by atoms with Crippen LogP contribution >= 0.6 is 0 Å². The largest absolute Gasteiger partial charge is 0.457 e. The average molecular weight is 507 g/mol. The number of nitrogens with zero attached hydrogens (tertiary/aromatic N) is 4. The number of nitrogens with one attached hydrogen (secondary N) is 1. The minimum atomic E-state index is -0.204. The number of benzene rings is 2. The molecule has 0 spiro atoms. The Kier molecular flexibility index (Phi) is 7.09. The van der Waals surface area contributed by atoms with Crippen LogP contribution in [0.1, 0.15) is 32.4 Å². The van der Waals surface area contributed by atoms with Gasteiger partial charge >= 0.3 is 0 Å². The summed E-state index contributed by atoms with van der Waals surface area (Å²) in [5, 5.41) is 17.5. The van der Waals surface area contributed by atoms with Gasteiger partial charge in [-0.3, -0.25) is 14.9 Å². The number of ether oxygens (including phenoxy) is 1. The van der Waals surface area contributed by atoms with Crippen LogP contribution in [0.5, 0.6) is 11.5 Å². The van der Waals surface area contributed by atoms with Crippen molar-refractivity contribution in [3.63, 3.8) is 0 Å². The molecule has 1 aliphatic rings. The molecule has 5 rings (SSSR count). The summed E-state index contributed by atoms with van der Waals surface area (Å²) < 4.78 is 5.94. The number of carbonyl (C=O) groups is 1. The number of anilines is 1. The number of rotatable bonds is 7. The van der Waals surface area contributed by atoms with Crippen LogP contribution in [0.25, 0.3) is 22.2 Å². The molecular weight excluding hydrogens is 476 g/mol. The fourth-order valence-corrected chi connectivity index (χ4v) is 4.94. The summed E-state index contributed by atoms with van der Waals surface area (Å²) in [5.41, 5.74) is 9.65. The van der Waals surface area contributed by atoms with Gasteiger partial charge in [0.05, 0.1) is 16.6 Å². The topological polar surface area (TPSA) is 121 Å². The molecule has 0 unspecified atom stereocenters. The lowest BCUT2D eigenvalue weighted by molar-refractivity contribution is -0.127. The summed E-state index contributed by atoms with van der Waals surface area (Å²) in [6.07, 6.45) is 4.06. The van der Waals surface area contributed by atoms with Gasteiger partial charge < -0.3 is 15.4 Å². The van der Waals surface area contributed by atoms with Gasteiger partial charge in [-0.25, -0.2) is 0 Å². The third kappa shape index (κ3) is 5.23. The molecule has 0 radical (unpaired) electrons. The van der Waals surface area contributed by atoms with Crippen molar-refractivity contribution in [2.75, 3.05) is 12.3 Å². The van der Waals surface area contributed by atoms with Gasteiger partial charge in [-0.05, 0) is 61.2 Å². The summed E-state index contributed by atoms with van der Waals surface area (Å²) in [6, 6.07) is 21.3. The number of nitrogen functional groups attached to an aromatic ring is 1. The van der Waals surface area contributed by atoms with Crippen LogP contribution in [-0.2, 0) is 11.2 Å². The summed E-state index contributed by atoms with van der Waals surface area (Å²) in [7, 11) is 0. The fraction of sp³-hybridized carbons (Fsp3) is 0.267. The Morgan fingerprint density at radius 3 is 2.66 bits per heavy atom. The van der Waals surface area contributed by atoms with E-state index in [0.717, 1.165) is 52.2 Å². The lowest BCUT2D eigenvalue weighted by atomic mass is 10.0. The molecule has 38 heavy (non-hydrogen) atoms. The van der Waals surface area contributed by atoms with E-state index in [9.17, 15) is 10.1 Å².